The fraction of sp³-hybridized carbons (Fsp3) is 0.350. The van der Waals surface area contributed by atoms with Gasteiger partial charge in [0.15, 0.2) is 9.84 Å². The molecule has 0 bridgehead atoms. The smallest absolute Gasteiger partial charge is 0.228 e. The Morgan fingerprint density at radius 3 is 2.31 bits per heavy atom. The summed E-state index contributed by atoms with van der Waals surface area (Å²) in [6.45, 7) is 3.69. The van der Waals surface area contributed by atoms with Crippen LogP contribution in [0.2, 0.25) is 0 Å². The number of phenols is 1. The summed E-state index contributed by atoms with van der Waals surface area (Å²) in [5.74, 6) is -0.522. The zero-order valence-corrected chi connectivity index (χ0v) is 16.0. The Labute approximate surface area is 155 Å². The first-order valence-electron chi connectivity index (χ1n) is 8.79. The Balaban J connectivity index is 2.07. The third-order valence-electron chi connectivity index (χ3n) is 4.19. The Kier molecular flexibility index (Phi) is 6.80. The van der Waals surface area contributed by atoms with Crippen molar-refractivity contribution in [1.82, 2.24) is 0 Å². The van der Waals surface area contributed by atoms with Gasteiger partial charge in [-0.2, -0.15) is 0 Å². The molecule has 0 fully saturated rings. The number of rotatable bonds is 8. The van der Waals surface area contributed by atoms with Crippen molar-refractivity contribution in [3.05, 3.63) is 53.6 Å². The van der Waals surface area contributed by atoms with Crippen molar-refractivity contribution in [2.45, 2.75) is 44.4 Å². The largest absolute Gasteiger partial charge is 0.506 e. The summed E-state index contributed by atoms with van der Waals surface area (Å²) in [7, 11) is -3.41. The van der Waals surface area contributed by atoms with E-state index in [4.69, 9.17) is 0 Å². The van der Waals surface area contributed by atoms with Gasteiger partial charge in [0.2, 0.25) is 5.91 Å². The minimum atomic E-state index is -3.41. The van der Waals surface area contributed by atoms with Crippen molar-refractivity contribution in [1.29, 1.82) is 0 Å². The quantitative estimate of drug-likeness (QED) is 0.689. The number of anilines is 1. The van der Waals surface area contributed by atoms with Gasteiger partial charge >= 0.3 is 0 Å². The van der Waals surface area contributed by atoms with Gasteiger partial charge in [-0.3, -0.25) is 4.79 Å². The summed E-state index contributed by atoms with van der Waals surface area (Å²) in [6.07, 6.45) is 3.45. The van der Waals surface area contributed by atoms with E-state index < -0.39 is 9.84 Å². The van der Waals surface area contributed by atoms with Crippen LogP contribution in [0, 0.1) is 0 Å². The molecule has 2 aromatic carbocycles. The van der Waals surface area contributed by atoms with E-state index in [-0.39, 0.29) is 34.4 Å². The number of aromatic hydroxyl groups is 1. The van der Waals surface area contributed by atoms with Crippen LogP contribution in [0.25, 0.3) is 0 Å². The number of carbonyl (C=O) groups excluding carboxylic acids is 1. The number of sulfone groups is 1. The van der Waals surface area contributed by atoms with Gasteiger partial charge in [0.05, 0.1) is 22.8 Å². The standard InChI is InChI=1S/C20H25NO4S/c1-3-5-6-15-7-9-16(10-8-15)13-20(23)21-18-14-17(11-12-19(18)22)26(24,25)4-2/h7-12,14,22H,3-6,13H2,1-2H3,(H,21,23). The van der Waals surface area contributed by atoms with Crippen molar-refractivity contribution >= 4 is 21.4 Å². The third kappa shape index (κ3) is 5.33. The van der Waals surface area contributed by atoms with Crippen molar-refractivity contribution in [2.75, 3.05) is 11.1 Å². The maximum Gasteiger partial charge on any atom is 0.228 e. The number of nitrogens with one attached hydrogen (secondary N) is 1. The molecule has 2 aromatic rings. The van der Waals surface area contributed by atoms with E-state index in [1.54, 1.807) is 6.92 Å². The van der Waals surface area contributed by atoms with Crippen LogP contribution in [-0.4, -0.2) is 25.2 Å². The number of hydrogen-bond donors (Lipinski definition) is 2. The Hall–Kier alpha value is -2.34. The maximum absolute atomic E-state index is 12.2. The SMILES string of the molecule is CCCCc1ccc(CC(=O)Nc2cc(S(=O)(=O)CC)ccc2O)cc1. The van der Waals surface area contributed by atoms with E-state index in [0.29, 0.717) is 0 Å². The molecule has 0 spiro atoms. The molecule has 0 aliphatic heterocycles. The first-order valence-corrected chi connectivity index (χ1v) is 10.4. The molecule has 5 nitrogen and oxygen atoms in total. The predicted molar refractivity (Wildman–Crippen MR) is 103 cm³/mol. The molecule has 0 aromatic heterocycles. The van der Waals surface area contributed by atoms with Gasteiger partial charge in [0, 0.05) is 0 Å². The number of unbranched alkanes of at least 4 members (excludes halogenated alkanes) is 1. The van der Waals surface area contributed by atoms with E-state index in [0.717, 1.165) is 24.8 Å². The third-order valence-corrected chi connectivity index (χ3v) is 5.92. The molecular formula is C20H25NO4S. The summed E-state index contributed by atoms with van der Waals surface area (Å²) in [5, 5.41) is 12.5. The fourth-order valence-electron chi connectivity index (χ4n) is 2.56. The molecule has 2 N–H and O–H groups in total. The highest BCUT2D eigenvalue weighted by molar-refractivity contribution is 7.91. The summed E-state index contributed by atoms with van der Waals surface area (Å²) in [5.41, 5.74) is 2.20. The molecule has 6 heteroatoms. The second-order valence-electron chi connectivity index (χ2n) is 6.23. The number of phenolic OH excluding ortho intramolecular Hbond substituents is 1. The van der Waals surface area contributed by atoms with Gasteiger partial charge in [-0.1, -0.05) is 44.5 Å². The maximum atomic E-state index is 12.2. The molecule has 140 valence electrons. The van der Waals surface area contributed by atoms with Gasteiger partial charge in [-0.15, -0.1) is 0 Å². The molecule has 0 saturated heterocycles. The monoisotopic (exact) mass is 375 g/mol. The summed E-state index contributed by atoms with van der Waals surface area (Å²) in [6, 6.07) is 11.8. The summed E-state index contributed by atoms with van der Waals surface area (Å²) < 4.78 is 23.9. The van der Waals surface area contributed by atoms with Gasteiger partial charge in [0.25, 0.3) is 0 Å². The lowest BCUT2D eigenvalue weighted by Crippen LogP contribution is -2.15. The Morgan fingerprint density at radius 1 is 1.04 bits per heavy atom. The van der Waals surface area contributed by atoms with E-state index in [2.05, 4.69) is 12.2 Å². The lowest BCUT2D eigenvalue weighted by Gasteiger charge is -2.10. The lowest BCUT2D eigenvalue weighted by atomic mass is 10.0. The van der Waals surface area contributed by atoms with Crippen molar-refractivity contribution in [3.8, 4) is 5.75 Å². The average Bonchev–Trinajstić information content (AvgIpc) is 2.62. The minimum absolute atomic E-state index is 0.0461. The minimum Gasteiger partial charge on any atom is -0.506 e. The van der Waals surface area contributed by atoms with Gasteiger partial charge in [0.1, 0.15) is 5.75 Å². The predicted octanol–water partition coefficient (Wildman–Crippen LogP) is 3.71. The molecular weight excluding hydrogens is 350 g/mol. The van der Waals surface area contributed by atoms with E-state index in [1.165, 1.54) is 23.8 Å². The van der Waals surface area contributed by atoms with Gasteiger partial charge in [-0.05, 0) is 42.2 Å². The van der Waals surface area contributed by atoms with Crippen LogP contribution in [0.3, 0.4) is 0 Å². The number of amides is 1. The molecule has 0 atom stereocenters. The van der Waals surface area contributed by atoms with Crippen LogP contribution >= 0.6 is 0 Å². The number of hydrogen-bond acceptors (Lipinski definition) is 4. The van der Waals surface area contributed by atoms with Crippen LogP contribution in [0.4, 0.5) is 5.69 Å². The van der Waals surface area contributed by atoms with Crippen LogP contribution < -0.4 is 5.32 Å². The van der Waals surface area contributed by atoms with E-state index in [9.17, 15) is 18.3 Å². The number of carbonyl (C=O) groups is 1. The molecule has 2 rings (SSSR count). The van der Waals surface area contributed by atoms with E-state index >= 15 is 0 Å². The fourth-order valence-corrected chi connectivity index (χ4v) is 3.47. The number of aryl methyl sites for hydroxylation is 1. The second kappa shape index (κ2) is 8.85. The van der Waals surface area contributed by atoms with Crippen LogP contribution in [0.5, 0.6) is 5.75 Å². The molecule has 0 aliphatic rings. The zero-order chi connectivity index (χ0) is 19.2. The normalized spacial score (nSPS) is 11.3. The average molecular weight is 375 g/mol. The Morgan fingerprint density at radius 2 is 1.69 bits per heavy atom. The van der Waals surface area contributed by atoms with Crippen molar-refractivity contribution in [3.63, 3.8) is 0 Å². The van der Waals surface area contributed by atoms with E-state index in [1.807, 2.05) is 24.3 Å². The van der Waals surface area contributed by atoms with Crippen molar-refractivity contribution < 1.29 is 18.3 Å². The first-order chi connectivity index (χ1) is 12.4. The molecule has 26 heavy (non-hydrogen) atoms. The molecule has 1 amide bonds. The highest BCUT2D eigenvalue weighted by atomic mass is 32.2. The lowest BCUT2D eigenvalue weighted by molar-refractivity contribution is -0.115. The topological polar surface area (TPSA) is 83.5 Å². The van der Waals surface area contributed by atoms with Crippen LogP contribution in [-0.2, 0) is 27.5 Å². The highest BCUT2D eigenvalue weighted by Gasteiger charge is 2.15. The van der Waals surface area contributed by atoms with Gasteiger partial charge in [-0.25, -0.2) is 8.42 Å². The molecule has 0 radical (unpaired) electrons. The zero-order valence-electron chi connectivity index (χ0n) is 15.2. The Bertz CT molecular complexity index is 858. The van der Waals surface area contributed by atoms with Crippen LogP contribution in [0.1, 0.15) is 37.8 Å². The number of benzene rings is 2. The van der Waals surface area contributed by atoms with Gasteiger partial charge < -0.3 is 10.4 Å². The van der Waals surface area contributed by atoms with Crippen molar-refractivity contribution in [2.24, 2.45) is 0 Å². The molecule has 0 aliphatic carbocycles. The highest BCUT2D eigenvalue weighted by Crippen LogP contribution is 2.27. The second-order valence-corrected chi connectivity index (χ2v) is 8.51. The van der Waals surface area contributed by atoms with Crippen LogP contribution in [0.15, 0.2) is 47.4 Å². The first kappa shape index (κ1) is 20.0. The molecule has 0 saturated carbocycles. The summed E-state index contributed by atoms with van der Waals surface area (Å²) >= 11 is 0. The molecule has 0 heterocycles. The summed E-state index contributed by atoms with van der Waals surface area (Å²) in [4.78, 5) is 12.3. The molecule has 0 unspecified atom stereocenters.